The highest BCUT2D eigenvalue weighted by Crippen LogP contribution is 2.41. The fourth-order valence-electron chi connectivity index (χ4n) is 4.80. The molecule has 3 heterocycles. The Hall–Kier alpha value is -3.74. The molecule has 1 amide bonds. The molecule has 8 nitrogen and oxygen atoms in total. The number of alkyl halides is 2. The van der Waals surface area contributed by atoms with Gasteiger partial charge in [-0.25, -0.2) is 13.6 Å². The molecule has 1 spiro atoms. The number of halogens is 4. The summed E-state index contributed by atoms with van der Waals surface area (Å²) in [5.74, 6) is -2.12. The lowest BCUT2D eigenvalue weighted by Gasteiger charge is -2.61. The summed E-state index contributed by atoms with van der Waals surface area (Å²) in [7, 11) is 0. The zero-order valence-electron chi connectivity index (χ0n) is 22.0. The number of aromatic nitrogens is 2. The third-order valence-corrected chi connectivity index (χ3v) is 7.13. The Morgan fingerprint density at radius 2 is 1.73 bits per heavy atom. The molecule has 0 saturated carbocycles. The molecule has 2 aromatic carbocycles. The number of hydrogen-bond donors (Lipinski definition) is 0. The molecule has 0 bridgehead atoms. The monoisotopic (exact) mass is 577 g/mol. The van der Waals surface area contributed by atoms with Crippen molar-refractivity contribution < 1.29 is 31.5 Å². The van der Waals surface area contributed by atoms with Crippen molar-refractivity contribution in [3.63, 3.8) is 0 Å². The summed E-state index contributed by atoms with van der Waals surface area (Å²) in [4.78, 5) is 17.6. The predicted octanol–water partition coefficient (Wildman–Crippen LogP) is 5.80. The van der Waals surface area contributed by atoms with Gasteiger partial charge in [-0.1, -0.05) is 6.07 Å². The van der Waals surface area contributed by atoms with Crippen molar-refractivity contribution in [3.05, 3.63) is 65.6 Å². The maximum atomic E-state index is 15.2. The lowest BCUT2D eigenvalue weighted by atomic mass is 9.73. The second-order valence-electron chi connectivity index (χ2n) is 11.1. The van der Waals surface area contributed by atoms with Crippen LogP contribution in [0.15, 0.2) is 46.9 Å². The van der Waals surface area contributed by atoms with Crippen LogP contribution < -0.4 is 4.90 Å². The van der Waals surface area contributed by atoms with Gasteiger partial charge in [0.2, 0.25) is 5.89 Å². The average molecular weight is 578 g/mol. The smallest absolute Gasteiger partial charge is 0.410 e. The topological polar surface area (TPSA) is 74.9 Å². The van der Waals surface area contributed by atoms with Gasteiger partial charge < -0.3 is 23.9 Å². The number of carbonyl (C=O) groups is 1. The van der Waals surface area contributed by atoms with Crippen molar-refractivity contribution in [2.75, 3.05) is 31.1 Å². The standard InChI is InChI=1S/C27H27F4N5O3S/c1-26(2,3)39-25(37)35-14-27(15-35)12-34(13-27)24(40)36(19-8-6-18(28)7-9-19)11-17-5-4-16(10-20(17)29)22-32-33-23(38-22)21(30)31/h4-10,21H,11-15H2,1-3H3. The first-order valence-corrected chi connectivity index (χ1v) is 12.9. The second-order valence-corrected chi connectivity index (χ2v) is 11.5. The number of ether oxygens (including phenoxy) is 1. The Balaban J connectivity index is 1.29. The molecule has 2 fully saturated rings. The van der Waals surface area contributed by atoms with Crippen LogP contribution in [0.3, 0.4) is 0 Å². The Kier molecular flexibility index (Phi) is 7.19. The van der Waals surface area contributed by atoms with Crippen LogP contribution in [0.5, 0.6) is 0 Å². The number of likely N-dealkylation sites (tertiary alicyclic amines) is 2. The van der Waals surface area contributed by atoms with Crippen molar-refractivity contribution in [2.45, 2.75) is 39.3 Å². The molecule has 0 unspecified atom stereocenters. The van der Waals surface area contributed by atoms with E-state index in [1.807, 2.05) is 25.7 Å². The van der Waals surface area contributed by atoms with E-state index in [4.69, 9.17) is 21.4 Å². The minimum absolute atomic E-state index is 0.0240. The molecular weight excluding hydrogens is 550 g/mol. The zero-order valence-corrected chi connectivity index (χ0v) is 22.9. The summed E-state index contributed by atoms with van der Waals surface area (Å²) in [6.07, 6.45) is -3.28. The van der Waals surface area contributed by atoms with E-state index < -0.39 is 29.6 Å². The Labute approximate surface area is 233 Å². The second kappa shape index (κ2) is 10.3. The Morgan fingerprint density at radius 3 is 2.30 bits per heavy atom. The van der Waals surface area contributed by atoms with Crippen LogP contribution in [0, 0.1) is 17.0 Å². The molecule has 0 atom stereocenters. The molecule has 212 valence electrons. The zero-order chi connectivity index (χ0) is 28.8. The molecule has 5 rings (SSSR count). The largest absolute Gasteiger partial charge is 0.444 e. The minimum atomic E-state index is -2.93. The first kappa shape index (κ1) is 27.8. The quantitative estimate of drug-likeness (QED) is 0.279. The third kappa shape index (κ3) is 5.74. The van der Waals surface area contributed by atoms with E-state index in [1.165, 1.54) is 24.3 Å². The van der Waals surface area contributed by atoms with E-state index in [0.717, 1.165) is 6.07 Å². The molecule has 2 saturated heterocycles. The summed E-state index contributed by atoms with van der Waals surface area (Å²) in [6, 6.07) is 9.81. The van der Waals surface area contributed by atoms with Gasteiger partial charge >= 0.3 is 12.5 Å². The summed E-state index contributed by atoms with van der Waals surface area (Å²) in [5, 5.41) is 7.25. The van der Waals surface area contributed by atoms with Gasteiger partial charge in [0.05, 0.1) is 6.54 Å². The van der Waals surface area contributed by atoms with Crippen LogP contribution in [-0.2, 0) is 11.3 Å². The normalized spacial score (nSPS) is 16.1. The minimum Gasteiger partial charge on any atom is -0.444 e. The predicted molar refractivity (Wildman–Crippen MR) is 142 cm³/mol. The average Bonchev–Trinajstić information content (AvgIpc) is 3.32. The summed E-state index contributed by atoms with van der Waals surface area (Å²) in [5.41, 5.74) is 0.317. The third-order valence-electron chi connectivity index (χ3n) is 6.65. The van der Waals surface area contributed by atoms with Gasteiger partial charge in [-0.15, -0.1) is 10.2 Å². The van der Waals surface area contributed by atoms with E-state index in [2.05, 4.69) is 10.2 Å². The SMILES string of the molecule is CC(C)(C)OC(=O)N1CC2(C1)CN(C(=S)N(Cc1ccc(-c3nnc(C(F)F)o3)cc1F)c1ccc(F)cc1)C2. The Bertz CT molecular complexity index is 1410. The van der Waals surface area contributed by atoms with Gasteiger partial charge in [0.15, 0.2) is 5.11 Å². The summed E-state index contributed by atoms with van der Waals surface area (Å²) < 4.78 is 64.8. The van der Waals surface area contributed by atoms with Gasteiger partial charge in [-0.2, -0.15) is 8.78 Å². The lowest BCUT2D eigenvalue weighted by molar-refractivity contribution is -0.0884. The van der Waals surface area contributed by atoms with E-state index in [1.54, 1.807) is 21.9 Å². The maximum absolute atomic E-state index is 15.2. The molecular formula is C27H27F4N5O3S. The molecule has 2 aliphatic heterocycles. The first-order valence-electron chi connectivity index (χ1n) is 12.5. The van der Waals surface area contributed by atoms with E-state index in [-0.39, 0.29) is 35.1 Å². The van der Waals surface area contributed by atoms with Crippen molar-refractivity contribution in [2.24, 2.45) is 5.41 Å². The van der Waals surface area contributed by atoms with Gasteiger partial charge in [0, 0.05) is 48.4 Å². The number of carbonyl (C=O) groups excluding carboxylic acids is 1. The fourth-order valence-corrected chi connectivity index (χ4v) is 5.10. The maximum Gasteiger partial charge on any atom is 0.410 e. The molecule has 3 aromatic rings. The highest BCUT2D eigenvalue weighted by molar-refractivity contribution is 7.80. The van der Waals surface area contributed by atoms with Crippen LogP contribution in [0.2, 0.25) is 0 Å². The Morgan fingerprint density at radius 1 is 1.07 bits per heavy atom. The van der Waals surface area contributed by atoms with Crippen LogP contribution >= 0.6 is 12.2 Å². The van der Waals surface area contributed by atoms with Gasteiger partial charge in [-0.3, -0.25) is 0 Å². The van der Waals surface area contributed by atoms with Crippen LogP contribution in [0.25, 0.3) is 11.5 Å². The van der Waals surface area contributed by atoms with Gasteiger partial charge in [0.1, 0.15) is 17.2 Å². The molecule has 0 N–H and O–H groups in total. The lowest BCUT2D eigenvalue weighted by Crippen LogP contribution is -2.74. The van der Waals surface area contributed by atoms with Crippen molar-refractivity contribution in [3.8, 4) is 11.5 Å². The molecule has 13 heteroatoms. The van der Waals surface area contributed by atoms with Gasteiger partial charge in [-0.05, 0) is 69.4 Å². The highest BCUT2D eigenvalue weighted by atomic mass is 32.1. The number of benzene rings is 2. The molecule has 0 radical (unpaired) electrons. The summed E-state index contributed by atoms with van der Waals surface area (Å²) >= 11 is 5.79. The number of amides is 1. The van der Waals surface area contributed by atoms with Crippen LogP contribution in [0.4, 0.5) is 28.0 Å². The van der Waals surface area contributed by atoms with E-state index in [9.17, 15) is 18.0 Å². The van der Waals surface area contributed by atoms with E-state index in [0.29, 0.717) is 37.0 Å². The number of anilines is 1. The van der Waals surface area contributed by atoms with Gasteiger partial charge in [0.25, 0.3) is 5.89 Å². The van der Waals surface area contributed by atoms with E-state index >= 15 is 4.39 Å². The fraction of sp³-hybridized carbons (Fsp3) is 0.407. The van der Waals surface area contributed by atoms with Crippen molar-refractivity contribution >= 4 is 29.1 Å². The van der Waals surface area contributed by atoms with Crippen molar-refractivity contribution in [1.29, 1.82) is 0 Å². The van der Waals surface area contributed by atoms with Crippen LogP contribution in [-0.4, -0.2) is 63.0 Å². The van der Waals surface area contributed by atoms with Crippen molar-refractivity contribution in [1.82, 2.24) is 20.0 Å². The molecule has 0 aliphatic carbocycles. The first-order chi connectivity index (χ1) is 18.8. The molecule has 1 aromatic heterocycles. The number of rotatable bonds is 5. The highest BCUT2D eigenvalue weighted by Gasteiger charge is 2.55. The molecule has 2 aliphatic rings. The number of thiocarbonyl (C=S) groups is 1. The summed E-state index contributed by atoms with van der Waals surface area (Å²) in [6.45, 7) is 7.79. The number of hydrogen-bond acceptors (Lipinski definition) is 6. The molecule has 40 heavy (non-hydrogen) atoms. The number of nitrogens with zero attached hydrogens (tertiary/aromatic N) is 5. The van der Waals surface area contributed by atoms with Crippen LogP contribution in [0.1, 0.15) is 38.7 Å².